The van der Waals surface area contributed by atoms with Crippen LogP contribution < -0.4 is 0 Å². The molecule has 6 nitrogen and oxygen atoms in total. The predicted octanol–water partition coefficient (Wildman–Crippen LogP) is 6.80. The van der Waals surface area contributed by atoms with Gasteiger partial charge in [0, 0.05) is 51.2 Å². The summed E-state index contributed by atoms with van der Waals surface area (Å²) in [4.78, 5) is 24.4. The third-order valence-corrected chi connectivity index (χ3v) is 5.63. The maximum atomic E-state index is 4.63. The number of hydrogen-bond acceptors (Lipinski definition) is 4. The van der Waals surface area contributed by atoms with Crippen molar-refractivity contribution in [2.24, 2.45) is 0 Å². The Morgan fingerprint density at radius 1 is 0.432 bits per heavy atom. The van der Waals surface area contributed by atoms with Gasteiger partial charge < -0.3 is 9.97 Å². The Balaban J connectivity index is 0.000000183. The molecule has 2 N–H and O–H groups in total. The normalized spacial score (nSPS) is 11.4. The van der Waals surface area contributed by atoms with Crippen molar-refractivity contribution in [1.82, 2.24) is 29.9 Å². The Hall–Kier alpha value is -4.59. The molecule has 0 saturated carbocycles. The maximum Gasteiger partial charge on any atom is 0.0886 e. The van der Waals surface area contributed by atoms with Crippen LogP contribution in [0, 0.1) is 0 Å². The SMILES string of the molecule is C1=Cc2cc3ccc(cc4nc(cc5ccc(cc1n2)[nH]5)C=C4)[nH]3.[Co].c1ccc(-c2ccccn2)nc1. The minimum absolute atomic E-state index is 0. The van der Waals surface area contributed by atoms with Gasteiger partial charge in [0.1, 0.15) is 0 Å². The second kappa shape index (κ2) is 11.0. The summed E-state index contributed by atoms with van der Waals surface area (Å²) in [5, 5.41) is 0. The van der Waals surface area contributed by atoms with Gasteiger partial charge in [-0.15, -0.1) is 0 Å². The van der Waals surface area contributed by atoms with Gasteiger partial charge in [-0.2, -0.15) is 0 Å². The van der Waals surface area contributed by atoms with Crippen LogP contribution in [0.1, 0.15) is 22.8 Å². The van der Waals surface area contributed by atoms with Gasteiger partial charge in [-0.1, -0.05) is 12.1 Å². The Kier molecular flexibility index (Phi) is 7.16. The van der Waals surface area contributed by atoms with Crippen molar-refractivity contribution in [3.63, 3.8) is 0 Å². The number of nitrogens with zero attached hydrogens (tertiary/aromatic N) is 4. The zero-order chi connectivity index (χ0) is 24.2. The van der Waals surface area contributed by atoms with Gasteiger partial charge in [0.25, 0.3) is 0 Å². The number of aromatic amines is 2. The molecule has 7 heteroatoms. The monoisotopic (exact) mass is 525 g/mol. The van der Waals surface area contributed by atoms with E-state index in [-0.39, 0.29) is 16.8 Å². The van der Waals surface area contributed by atoms with E-state index in [0.717, 1.165) is 56.2 Å². The second-order valence-corrected chi connectivity index (χ2v) is 8.34. The van der Waals surface area contributed by atoms with E-state index in [2.05, 4.69) is 54.2 Å². The van der Waals surface area contributed by atoms with E-state index >= 15 is 0 Å². The van der Waals surface area contributed by atoms with Gasteiger partial charge in [0.05, 0.1) is 34.2 Å². The summed E-state index contributed by atoms with van der Waals surface area (Å²) >= 11 is 0. The molecular formula is C30H22CoN6. The van der Waals surface area contributed by atoms with Gasteiger partial charge in [-0.25, -0.2) is 9.97 Å². The molecule has 0 atom stereocenters. The molecule has 7 heterocycles. The van der Waals surface area contributed by atoms with E-state index < -0.39 is 0 Å². The third-order valence-electron chi connectivity index (χ3n) is 5.63. The topological polar surface area (TPSA) is 83.1 Å². The van der Waals surface area contributed by atoms with Crippen molar-refractivity contribution < 1.29 is 16.8 Å². The number of aromatic nitrogens is 6. The quantitative estimate of drug-likeness (QED) is 0.247. The van der Waals surface area contributed by atoms with Crippen LogP contribution >= 0.6 is 0 Å². The van der Waals surface area contributed by atoms with E-state index in [1.165, 1.54) is 0 Å². The molecule has 8 bridgehead atoms. The van der Waals surface area contributed by atoms with Gasteiger partial charge in [0.2, 0.25) is 0 Å². The van der Waals surface area contributed by atoms with E-state index in [1.807, 2.05) is 85.0 Å². The summed E-state index contributed by atoms with van der Waals surface area (Å²) in [6.07, 6.45) is 11.6. The predicted molar refractivity (Wildman–Crippen MR) is 146 cm³/mol. The summed E-state index contributed by atoms with van der Waals surface area (Å²) in [7, 11) is 0. The molecule has 37 heavy (non-hydrogen) atoms. The van der Waals surface area contributed by atoms with Crippen LogP contribution in [0.25, 0.3) is 57.8 Å². The van der Waals surface area contributed by atoms with Crippen molar-refractivity contribution >= 4 is 46.4 Å². The minimum Gasteiger partial charge on any atom is -0.355 e. The Bertz CT molecular complexity index is 1520. The Morgan fingerprint density at radius 3 is 1.08 bits per heavy atom. The molecule has 5 aromatic rings. The minimum atomic E-state index is 0. The van der Waals surface area contributed by atoms with Gasteiger partial charge in [-0.05, 0) is 97.1 Å². The maximum absolute atomic E-state index is 4.63. The molecule has 181 valence electrons. The fourth-order valence-electron chi connectivity index (χ4n) is 3.97. The number of hydrogen-bond donors (Lipinski definition) is 2. The zero-order valence-electron chi connectivity index (χ0n) is 19.7. The second-order valence-electron chi connectivity index (χ2n) is 8.34. The Labute approximate surface area is 224 Å². The van der Waals surface area contributed by atoms with Gasteiger partial charge >= 0.3 is 0 Å². The van der Waals surface area contributed by atoms with Crippen LogP contribution in [-0.2, 0) is 16.8 Å². The molecule has 1 radical (unpaired) electrons. The summed E-state index contributed by atoms with van der Waals surface area (Å²) in [6, 6.07) is 28.0. The molecular weight excluding hydrogens is 503 g/mol. The molecule has 0 aromatic carbocycles. The van der Waals surface area contributed by atoms with E-state index in [4.69, 9.17) is 0 Å². The van der Waals surface area contributed by atoms with Crippen LogP contribution in [0.15, 0.2) is 97.3 Å². The van der Waals surface area contributed by atoms with Crippen LogP contribution in [0.2, 0.25) is 0 Å². The molecule has 0 fully saturated rings. The largest absolute Gasteiger partial charge is 0.355 e. The summed E-state index contributed by atoms with van der Waals surface area (Å²) in [6.45, 7) is 0. The molecule has 0 saturated heterocycles. The van der Waals surface area contributed by atoms with Crippen LogP contribution in [0.4, 0.5) is 0 Å². The molecule has 5 aromatic heterocycles. The molecule has 0 aliphatic carbocycles. The molecule has 2 aliphatic rings. The first-order valence-electron chi connectivity index (χ1n) is 11.6. The summed E-state index contributed by atoms with van der Waals surface area (Å²) < 4.78 is 0. The van der Waals surface area contributed by atoms with Crippen molar-refractivity contribution in [2.75, 3.05) is 0 Å². The van der Waals surface area contributed by atoms with Crippen molar-refractivity contribution in [3.05, 3.63) is 120 Å². The standard InChI is InChI=1S/C20H14N4.C10H8N2.Co/c1-2-14-10-16-5-6-18(23-16)12-20-8-7-19(24-20)11-17-4-3-15(22-17)9-13(1)21-14;1-3-7-11-9(5-1)10-6-2-4-8-12-10;/h1-12,21,24H;1-8H;. The van der Waals surface area contributed by atoms with E-state index in [1.54, 1.807) is 12.4 Å². The fourth-order valence-corrected chi connectivity index (χ4v) is 3.97. The van der Waals surface area contributed by atoms with Gasteiger partial charge in [-0.3, -0.25) is 9.97 Å². The van der Waals surface area contributed by atoms with Crippen molar-refractivity contribution in [1.29, 1.82) is 0 Å². The first kappa shape index (κ1) is 24.1. The first-order chi connectivity index (χ1) is 17.8. The average molecular weight is 525 g/mol. The molecule has 2 aliphatic heterocycles. The molecule has 0 amide bonds. The van der Waals surface area contributed by atoms with Crippen LogP contribution in [0.5, 0.6) is 0 Å². The molecule has 0 unspecified atom stereocenters. The van der Waals surface area contributed by atoms with Crippen molar-refractivity contribution in [2.45, 2.75) is 0 Å². The number of nitrogens with one attached hydrogen (secondary N) is 2. The third kappa shape index (κ3) is 5.98. The van der Waals surface area contributed by atoms with E-state index in [9.17, 15) is 0 Å². The number of fused-ring (bicyclic) bond motifs is 8. The van der Waals surface area contributed by atoms with E-state index in [0.29, 0.717) is 0 Å². The van der Waals surface area contributed by atoms with Crippen LogP contribution in [0.3, 0.4) is 0 Å². The first-order valence-corrected chi connectivity index (χ1v) is 11.6. The fraction of sp³-hybridized carbons (Fsp3) is 0. The zero-order valence-corrected chi connectivity index (χ0v) is 20.7. The summed E-state index contributed by atoms with van der Waals surface area (Å²) in [5.41, 5.74) is 9.69. The number of rotatable bonds is 1. The molecule has 7 rings (SSSR count). The number of H-pyrrole nitrogens is 2. The van der Waals surface area contributed by atoms with Crippen LogP contribution in [-0.4, -0.2) is 29.9 Å². The van der Waals surface area contributed by atoms with Gasteiger partial charge in [0.15, 0.2) is 0 Å². The smallest absolute Gasteiger partial charge is 0.0886 e. The average Bonchev–Trinajstić information content (AvgIpc) is 3.72. The summed E-state index contributed by atoms with van der Waals surface area (Å²) in [5.74, 6) is 0. The Morgan fingerprint density at radius 2 is 0.784 bits per heavy atom. The number of pyridine rings is 2. The van der Waals surface area contributed by atoms with Crippen molar-refractivity contribution in [3.8, 4) is 11.4 Å². The molecule has 0 spiro atoms.